The van der Waals surface area contributed by atoms with E-state index in [0.29, 0.717) is 0 Å². The van der Waals surface area contributed by atoms with Crippen molar-refractivity contribution in [2.45, 2.75) is 51.5 Å². The van der Waals surface area contributed by atoms with Crippen molar-refractivity contribution in [1.82, 2.24) is 24.1 Å². The highest BCUT2D eigenvalue weighted by atomic mass is 16.3. The van der Waals surface area contributed by atoms with Crippen LogP contribution in [0.2, 0.25) is 0 Å². The molecule has 0 bridgehead atoms. The van der Waals surface area contributed by atoms with Crippen LogP contribution in [0, 0.1) is 0 Å². The minimum atomic E-state index is -0.165. The molecule has 4 rings (SSSR count). The number of hydrogen-bond acceptors (Lipinski definition) is 4. The van der Waals surface area contributed by atoms with Gasteiger partial charge in [0.25, 0.3) is 0 Å². The Labute approximate surface area is 149 Å². The zero-order valence-electron chi connectivity index (χ0n) is 14.9. The van der Waals surface area contributed by atoms with Gasteiger partial charge in [0.1, 0.15) is 0 Å². The third-order valence-electron chi connectivity index (χ3n) is 5.35. The average molecular weight is 343 g/mol. The van der Waals surface area contributed by atoms with E-state index in [-0.39, 0.29) is 6.10 Å². The largest absolute Gasteiger partial charge is 0.392 e. The zero-order chi connectivity index (χ0) is 17.1. The van der Waals surface area contributed by atoms with Gasteiger partial charge in [0.05, 0.1) is 24.0 Å². The van der Waals surface area contributed by atoms with Gasteiger partial charge in [0.15, 0.2) is 0 Å². The van der Waals surface area contributed by atoms with Crippen LogP contribution < -0.4 is 0 Å². The summed E-state index contributed by atoms with van der Waals surface area (Å²) in [5, 5.41) is 14.6. The van der Waals surface area contributed by atoms with Crippen LogP contribution in [-0.2, 0) is 26.2 Å². The Kier molecular flexibility index (Phi) is 5.20. The molecule has 1 unspecified atom stereocenters. The molecule has 2 aliphatic rings. The van der Waals surface area contributed by atoms with E-state index < -0.39 is 0 Å². The molecule has 6 nitrogen and oxygen atoms in total. The normalized spacial score (nSPS) is 22.2. The summed E-state index contributed by atoms with van der Waals surface area (Å²) in [5.74, 6) is 0. The van der Waals surface area contributed by atoms with Gasteiger partial charge >= 0.3 is 0 Å². The molecule has 0 saturated carbocycles. The van der Waals surface area contributed by atoms with Crippen LogP contribution in [-0.4, -0.2) is 61.5 Å². The number of piperidine rings is 1. The first-order valence-electron chi connectivity index (χ1n) is 9.55. The molecule has 136 valence electrons. The van der Waals surface area contributed by atoms with Crippen molar-refractivity contribution in [2.75, 3.05) is 26.2 Å². The number of β-amino-alcohol motifs (C(OH)–C–C–N with tert-alkyl or cyclic N) is 1. The number of rotatable bonds is 6. The molecule has 0 spiro atoms. The van der Waals surface area contributed by atoms with Gasteiger partial charge in [0, 0.05) is 51.7 Å². The molecule has 2 aromatic rings. The van der Waals surface area contributed by atoms with Crippen molar-refractivity contribution >= 4 is 0 Å². The Hall–Kier alpha value is -1.63. The number of hydrogen-bond donors (Lipinski definition) is 1. The number of aliphatic hydroxyl groups excluding tert-OH is 1. The van der Waals surface area contributed by atoms with Crippen LogP contribution in [0.5, 0.6) is 0 Å². The van der Waals surface area contributed by atoms with Crippen molar-refractivity contribution in [3.63, 3.8) is 0 Å². The van der Waals surface area contributed by atoms with E-state index in [9.17, 15) is 5.11 Å². The summed E-state index contributed by atoms with van der Waals surface area (Å²) in [5.41, 5.74) is 2.48. The molecule has 6 heteroatoms. The molecule has 0 aromatic carbocycles. The maximum atomic E-state index is 9.83. The molecule has 1 N–H and O–H groups in total. The molecule has 0 aliphatic carbocycles. The van der Waals surface area contributed by atoms with Crippen LogP contribution >= 0.6 is 0 Å². The van der Waals surface area contributed by atoms with Gasteiger partial charge in [-0.3, -0.25) is 14.5 Å². The Morgan fingerprint density at radius 2 is 1.96 bits per heavy atom. The standard InChI is InChI=1S/C19H29N5O/c25-19-5-3-8-23(16-19)14-17-13-18-15-22(11-12-24(18)20-17)10-4-9-21-6-1-2-7-21/h1-2,6-7,13,19,25H,3-5,8-12,14-16H2. The Morgan fingerprint density at radius 3 is 2.80 bits per heavy atom. The highest BCUT2D eigenvalue weighted by Crippen LogP contribution is 2.17. The third kappa shape index (κ3) is 4.32. The van der Waals surface area contributed by atoms with Crippen molar-refractivity contribution < 1.29 is 5.11 Å². The molecule has 25 heavy (non-hydrogen) atoms. The van der Waals surface area contributed by atoms with Crippen LogP contribution in [0.3, 0.4) is 0 Å². The minimum absolute atomic E-state index is 0.165. The molecule has 1 atom stereocenters. The van der Waals surface area contributed by atoms with Gasteiger partial charge in [-0.25, -0.2) is 0 Å². The number of nitrogens with zero attached hydrogens (tertiary/aromatic N) is 5. The number of likely N-dealkylation sites (tertiary alicyclic amines) is 1. The lowest BCUT2D eigenvalue weighted by atomic mass is 10.1. The summed E-state index contributed by atoms with van der Waals surface area (Å²) in [6, 6.07) is 6.43. The lowest BCUT2D eigenvalue weighted by molar-refractivity contribution is 0.0661. The van der Waals surface area contributed by atoms with Crippen LogP contribution in [0.25, 0.3) is 0 Å². The molecular formula is C19H29N5O. The fourth-order valence-corrected chi connectivity index (χ4v) is 4.05. The Balaban J connectivity index is 1.28. The molecule has 0 radical (unpaired) electrons. The van der Waals surface area contributed by atoms with Gasteiger partial charge < -0.3 is 9.67 Å². The van der Waals surface area contributed by atoms with Crippen LogP contribution in [0.4, 0.5) is 0 Å². The van der Waals surface area contributed by atoms with Crippen LogP contribution in [0.1, 0.15) is 30.7 Å². The maximum Gasteiger partial charge on any atom is 0.0768 e. The predicted molar refractivity (Wildman–Crippen MR) is 97.1 cm³/mol. The van der Waals surface area contributed by atoms with E-state index >= 15 is 0 Å². The maximum absolute atomic E-state index is 9.83. The van der Waals surface area contributed by atoms with Crippen molar-refractivity contribution in [2.24, 2.45) is 0 Å². The lowest BCUT2D eigenvalue weighted by Crippen LogP contribution is -2.37. The van der Waals surface area contributed by atoms with Gasteiger partial charge in [-0.15, -0.1) is 0 Å². The minimum Gasteiger partial charge on any atom is -0.392 e. The Morgan fingerprint density at radius 1 is 1.08 bits per heavy atom. The summed E-state index contributed by atoms with van der Waals surface area (Å²) in [6.45, 7) is 8.02. The second kappa shape index (κ2) is 7.72. The molecule has 1 fully saturated rings. The molecule has 1 saturated heterocycles. The third-order valence-corrected chi connectivity index (χ3v) is 5.35. The lowest BCUT2D eigenvalue weighted by Gasteiger charge is -2.29. The number of aliphatic hydroxyl groups is 1. The van der Waals surface area contributed by atoms with Crippen molar-refractivity contribution in [3.05, 3.63) is 42.0 Å². The Bertz CT molecular complexity index is 665. The van der Waals surface area contributed by atoms with Gasteiger partial charge in [-0.05, 0) is 44.0 Å². The van der Waals surface area contributed by atoms with E-state index in [4.69, 9.17) is 5.10 Å². The first kappa shape index (κ1) is 16.8. The quantitative estimate of drug-likeness (QED) is 0.865. The highest BCUT2D eigenvalue weighted by Gasteiger charge is 2.21. The second-order valence-electron chi connectivity index (χ2n) is 7.43. The van der Waals surface area contributed by atoms with E-state index in [0.717, 1.165) is 70.9 Å². The number of aryl methyl sites for hydroxylation is 1. The first-order valence-corrected chi connectivity index (χ1v) is 9.55. The summed E-state index contributed by atoms with van der Waals surface area (Å²) in [7, 11) is 0. The summed E-state index contributed by atoms with van der Waals surface area (Å²) >= 11 is 0. The topological polar surface area (TPSA) is 49.5 Å². The van der Waals surface area contributed by atoms with Gasteiger partial charge in [-0.2, -0.15) is 5.10 Å². The summed E-state index contributed by atoms with van der Waals surface area (Å²) in [4.78, 5) is 4.87. The number of aromatic nitrogens is 3. The monoisotopic (exact) mass is 343 g/mol. The fraction of sp³-hybridized carbons (Fsp3) is 0.632. The second-order valence-corrected chi connectivity index (χ2v) is 7.43. The van der Waals surface area contributed by atoms with Gasteiger partial charge in [-0.1, -0.05) is 0 Å². The fourth-order valence-electron chi connectivity index (χ4n) is 4.05. The summed E-state index contributed by atoms with van der Waals surface area (Å²) < 4.78 is 4.43. The van der Waals surface area contributed by atoms with Gasteiger partial charge in [0.2, 0.25) is 0 Å². The van der Waals surface area contributed by atoms with E-state index in [2.05, 4.69) is 49.6 Å². The average Bonchev–Trinajstić information content (AvgIpc) is 3.23. The molecular weight excluding hydrogens is 314 g/mol. The molecule has 4 heterocycles. The van der Waals surface area contributed by atoms with E-state index in [1.165, 1.54) is 12.1 Å². The van der Waals surface area contributed by atoms with Crippen LogP contribution in [0.15, 0.2) is 30.6 Å². The highest BCUT2D eigenvalue weighted by molar-refractivity contribution is 5.12. The predicted octanol–water partition coefficient (Wildman–Crippen LogP) is 1.55. The molecule has 2 aromatic heterocycles. The van der Waals surface area contributed by atoms with Crippen molar-refractivity contribution in [1.29, 1.82) is 0 Å². The van der Waals surface area contributed by atoms with E-state index in [1.54, 1.807) is 0 Å². The first-order chi connectivity index (χ1) is 12.3. The number of fused-ring (bicyclic) bond motifs is 1. The molecule has 0 amide bonds. The molecule has 2 aliphatic heterocycles. The van der Waals surface area contributed by atoms with Crippen molar-refractivity contribution in [3.8, 4) is 0 Å². The van der Waals surface area contributed by atoms with E-state index in [1.807, 2.05) is 0 Å². The SMILES string of the molecule is OC1CCCN(Cc2cc3n(n2)CCN(CCCn2cccc2)C3)C1. The summed E-state index contributed by atoms with van der Waals surface area (Å²) in [6.07, 6.45) is 7.31. The smallest absolute Gasteiger partial charge is 0.0768 e. The zero-order valence-corrected chi connectivity index (χ0v) is 14.9.